The van der Waals surface area contributed by atoms with E-state index in [1.807, 2.05) is 54.4 Å². The Balaban J connectivity index is 1.30. The Morgan fingerprint density at radius 2 is 1.50 bits per heavy atom. The Kier molecular flexibility index (Phi) is 5.58. The molecule has 2 unspecified atom stereocenters. The lowest BCUT2D eigenvalue weighted by molar-refractivity contribution is -0.132. The second-order valence-electron chi connectivity index (χ2n) is 8.13. The molecule has 146 valence electrons. The van der Waals surface area contributed by atoms with Crippen molar-refractivity contribution in [2.75, 3.05) is 7.05 Å². The lowest BCUT2D eigenvalue weighted by Gasteiger charge is -2.35. The maximum atomic E-state index is 12.6. The zero-order chi connectivity index (χ0) is 19.5. The summed E-state index contributed by atoms with van der Waals surface area (Å²) in [6.07, 6.45) is 5.07. The molecule has 1 N–H and O–H groups in total. The third-order valence-corrected chi connectivity index (χ3v) is 6.27. The van der Waals surface area contributed by atoms with Gasteiger partial charge in [-0.05, 0) is 36.8 Å². The number of fused-ring (bicyclic) bond motifs is 2. The Morgan fingerprint density at radius 3 is 2.14 bits per heavy atom. The van der Waals surface area contributed by atoms with Crippen molar-refractivity contribution in [1.82, 2.24) is 10.2 Å². The summed E-state index contributed by atoms with van der Waals surface area (Å²) in [6, 6.07) is 19.2. The van der Waals surface area contributed by atoms with Crippen LogP contribution in [0.3, 0.4) is 0 Å². The first kappa shape index (κ1) is 18.9. The van der Waals surface area contributed by atoms with Gasteiger partial charge in [0.25, 0.3) is 0 Å². The SMILES string of the molecule is CN(C(=O)CCC(=O)c1ccc(-c2ccccc2)cc1)C1CC2CCC(C1)N2. The van der Waals surface area contributed by atoms with Gasteiger partial charge in [-0.15, -0.1) is 0 Å². The zero-order valence-corrected chi connectivity index (χ0v) is 16.4. The Bertz CT molecular complexity index is 819. The van der Waals surface area contributed by atoms with Gasteiger partial charge in [0.1, 0.15) is 0 Å². The van der Waals surface area contributed by atoms with Gasteiger partial charge < -0.3 is 10.2 Å². The lowest BCUT2D eigenvalue weighted by Crippen LogP contribution is -2.48. The van der Waals surface area contributed by atoms with Gasteiger partial charge in [-0.25, -0.2) is 0 Å². The minimum absolute atomic E-state index is 0.0340. The lowest BCUT2D eigenvalue weighted by atomic mass is 9.97. The van der Waals surface area contributed by atoms with Gasteiger partial charge in [0.05, 0.1) is 0 Å². The highest BCUT2D eigenvalue weighted by molar-refractivity contribution is 5.98. The van der Waals surface area contributed by atoms with Crippen LogP contribution in [-0.4, -0.2) is 41.8 Å². The molecule has 2 aromatic carbocycles. The number of hydrogen-bond donors (Lipinski definition) is 1. The molecular weight excluding hydrogens is 348 g/mol. The van der Waals surface area contributed by atoms with E-state index in [0.717, 1.165) is 24.0 Å². The number of piperidine rings is 1. The van der Waals surface area contributed by atoms with Gasteiger partial charge in [0, 0.05) is 43.6 Å². The first-order chi connectivity index (χ1) is 13.6. The third kappa shape index (κ3) is 4.17. The van der Waals surface area contributed by atoms with E-state index in [9.17, 15) is 9.59 Å². The number of benzene rings is 2. The molecule has 0 aromatic heterocycles. The molecule has 4 heteroatoms. The second-order valence-corrected chi connectivity index (χ2v) is 8.13. The molecular formula is C24H28N2O2. The minimum atomic E-state index is 0.0340. The van der Waals surface area contributed by atoms with E-state index < -0.39 is 0 Å². The summed E-state index contributed by atoms with van der Waals surface area (Å²) < 4.78 is 0. The van der Waals surface area contributed by atoms with Gasteiger partial charge in [0.15, 0.2) is 5.78 Å². The van der Waals surface area contributed by atoms with Crippen molar-refractivity contribution in [3.63, 3.8) is 0 Å². The summed E-state index contributed by atoms with van der Waals surface area (Å²) in [7, 11) is 1.90. The van der Waals surface area contributed by atoms with Crippen LogP contribution in [-0.2, 0) is 4.79 Å². The first-order valence-electron chi connectivity index (χ1n) is 10.3. The average Bonchev–Trinajstić information content (AvgIpc) is 3.09. The number of carbonyl (C=O) groups is 2. The molecule has 0 radical (unpaired) electrons. The van der Waals surface area contributed by atoms with Crippen molar-refractivity contribution in [2.24, 2.45) is 0 Å². The maximum Gasteiger partial charge on any atom is 0.223 e. The van der Waals surface area contributed by atoms with Gasteiger partial charge >= 0.3 is 0 Å². The molecule has 1 amide bonds. The Labute approximate surface area is 166 Å². The van der Waals surface area contributed by atoms with Crippen LogP contribution >= 0.6 is 0 Å². The molecule has 0 aliphatic carbocycles. The fourth-order valence-electron chi connectivity index (χ4n) is 4.57. The molecule has 2 aliphatic heterocycles. The number of carbonyl (C=O) groups excluding carboxylic acids is 2. The predicted octanol–water partition coefficient (Wildman–Crippen LogP) is 4.06. The van der Waals surface area contributed by atoms with E-state index in [-0.39, 0.29) is 24.5 Å². The number of hydrogen-bond acceptors (Lipinski definition) is 3. The quantitative estimate of drug-likeness (QED) is 0.774. The fourth-order valence-corrected chi connectivity index (χ4v) is 4.57. The van der Waals surface area contributed by atoms with Crippen LogP contribution in [0.5, 0.6) is 0 Å². The van der Waals surface area contributed by atoms with Gasteiger partial charge in [-0.2, -0.15) is 0 Å². The van der Waals surface area contributed by atoms with E-state index in [1.54, 1.807) is 0 Å². The highest BCUT2D eigenvalue weighted by atomic mass is 16.2. The largest absolute Gasteiger partial charge is 0.343 e. The number of nitrogens with one attached hydrogen (secondary N) is 1. The van der Waals surface area contributed by atoms with Crippen LogP contribution in [0, 0.1) is 0 Å². The monoisotopic (exact) mass is 376 g/mol. The number of rotatable bonds is 6. The van der Waals surface area contributed by atoms with Crippen LogP contribution in [0.1, 0.15) is 48.9 Å². The van der Waals surface area contributed by atoms with Crippen LogP contribution in [0.2, 0.25) is 0 Å². The van der Waals surface area contributed by atoms with E-state index in [2.05, 4.69) is 17.4 Å². The number of ketones is 1. The smallest absolute Gasteiger partial charge is 0.223 e. The van der Waals surface area contributed by atoms with Gasteiger partial charge in [-0.1, -0.05) is 54.6 Å². The Morgan fingerprint density at radius 1 is 0.893 bits per heavy atom. The van der Waals surface area contributed by atoms with Crippen LogP contribution < -0.4 is 5.32 Å². The van der Waals surface area contributed by atoms with Crippen molar-refractivity contribution in [2.45, 2.75) is 56.7 Å². The molecule has 2 atom stereocenters. The second kappa shape index (κ2) is 8.27. The molecule has 2 aromatic rings. The van der Waals surface area contributed by atoms with Crippen molar-refractivity contribution >= 4 is 11.7 Å². The molecule has 4 nitrogen and oxygen atoms in total. The molecule has 0 spiro atoms. The Hall–Kier alpha value is -2.46. The summed E-state index contributed by atoms with van der Waals surface area (Å²) in [6.45, 7) is 0. The number of nitrogens with zero attached hydrogens (tertiary/aromatic N) is 1. The molecule has 2 saturated heterocycles. The molecule has 2 heterocycles. The summed E-state index contributed by atoms with van der Waals surface area (Å²) in [5.41, 5.74) is 2.90. The van der Waals surface area contributed by atoms with Crippen LogP contribution in [0.25, 0.3) is 11.1 Å². The van der Waals surface area contributed by atoms with E-state index >= 15 is 0 Å². The van der Waals surface area contributed by atoms with E-state index in [0.29, 0.717) is 23.7 Å². The third-order valence-electron chi connectivity index (χ3n) is 6.27. The van der Waals surface area contributed by atoms with E-state index in [4.69, 9.17) is 0 Å². The van der Waals surface area contributed by atoms with Crippen molar-refractivity contribution < 1.29 is 9.59 Å². The fraction of sp³-hybridized carbons (Fsp3) is 0.417. The normalized spacial score (nSPS) is 23.4. The predicted molar refractivity (Wildman–Crippen MR) is 111 cm³/mol. The molecule has 2 fully saturated rings. The highest BCUT2D eigenvalue weighted by Crippen LogP contribution is 2.29. The van der Waals surface area contributed by atoms with Crippen LogP contribution in [0.15, 0.2) is 54.6 Å². The molecule has 28 heavy (non-hydrogen) atoms. The standard InChI is InChI=1S/C24H28N2O2/c1-26(22-15-20-11-12-21(16-22)25-20)24(28)14-13-23(27)19-9-7-18(8-10-19)17-5-3-2-4-6-17/h2-10,20-22,25H,11-16H2,1H3. The molecule has 2 aliphatic rings. The van der Waals surface area contributed by atoms with Gasteiger partial charge in [0.2, 0.25) is 5.91 Å². The molecule has 2 bridgehead atoms. The van der Waals surface area contributed by atoms with Crippen LogP contribution in [0.4, 0.5) is 0 Å². The average molecular weight is 377 g/mol. The topological polar surface area (TPSA) is 49.4 Å². The molecule has 0 saturated carbocycles. The first-order valence-corrected chi connectivity index (χ1v) is 10.3. The highest BCUT2D eigenvalue weighted by Gasteiger charge is 2.36. The maximum absolute atomic E-state index is 12.6. The molecule has 4 rings (SSSR count). The summed E-state index contributed by atoms with van der Waals surface area (Å²) >= 11 is 0. The summed E-state index contributed by atoms with van der Waals surface area (Å²) in [5.74, 6) is 0.118. The zero-order valence-electron chi connectivity index (χ0n) is 16.4. The van der Waals surface area contributed by atoms with Gasteiger partial charge in [-0.3, -0.25) is 9.59 Å². The summed E-state index contributed by atoms with van der Waals surface area (Å²) in [5, 5.41) is 3.61. The van der Waals surface area contributed by atoms with Crippen molar-refractivity contribution in [3.05, 3.63) is 60.2 Å². The van der Waals surface area contributed by atoms with Crippen molar-refractivity contribution in [1.29, 1.82) is 0 Å². The number of Topliss-reactive ketones (excluding diaryl/α,β-unsaturated/α-hetero) is 1. The van der Waals surface area contributed by atoms with Crippen molar-refractivity contribution in [3.8, 4) is 11.1 Å². The minimum Gasteiger partial charge on any atom is -0.343 e. The van der Waals surface area contributed by atoms with E-state index in [1.165, 1.54) is 12.8 Å². The summed E-state index contributed by atoms with van der Waals surface area (Å²) in [4.78, 5) is 27.0. The number of amides is 1.